The summed E-state index contributed by atoms with van der Waals surface area (Å²) in [5.41, 5.74) is 7.73. The van der Waals surface area contributed by atoms with E-state index in [-0.39, 0.29) is 11.9 Å². The van der Waals surface area contributed by atoms with Crippen LogP contribution in [-0.2, 0) is 11.3 Å². The topological polar surface area (TPSA) is 58.4 Å². The Kier molecular flexibility index (Phi) is 4.45. The fourth-order valence-electron chi connectivity index (χ4n) is 2.81. The molecule has 0 bridgehead atoms. The van der Waals surface area contributed by atoms with Gasteiger partial charge in [-0.25, -0.2) is 0 Å². The summed E-state index contributed by atoms with van der Waals surface area (Å²) in [4.78, 5) is 14.5. The van der Waals surface area contributed by atoms with Crippen LogP contribution in [0.4, 0.5) is 5.69 Å². The molecule has 2 unspecified atom stereocenters. The van der Waals surface area contributed by atoms with Crippen molar-refractivity contribution in [2.45, 2.75) is 38.8 Å². The van der Waals surface area contributed by atoms with Gasteiger partial charge in [-0.2, -0.15) is 0 Å². The third kappa shape index (κ3) is 3.19. The maximum atomic E-state index is 12.4. The van der Waals surface area contributed by atoms with Crippen molar-refractivity contribution in [3.05, 3.63) is 29.8 Å². The normalized spacial score (nSPS) is 25.9. The molecule has 4 heteroatoms. The van der Waals surface area contributed by atoms with Gasteiger partial charge in [-0.05, 0) is 51.6 Å². The van der Waals surface area contributed by atoms with Crippen LogP contribution in [0.15, 0.2) is 24.3 Å². The number of amides is 1. The van der Waals surface area contributed by atoms with Crippen molar-refractivity contribution in [2.75, 3.05) is 19.4 Å². The zero-order valence-electron chi connectivity index (χ0n) is 12.6. The van der Waals surface area contributed by atoms with Gasteiger partial charge in [0.15, 0.2) is 0 Å². The van der Waals surface area contributed by atoms with Crippen LogP contribution in [0.5, 0.6) is 0 Å². The maximum absolute atomic E-state index is 12.4. The van der Waals surface area contributed by atoms with E-state index < -0.39 is 5.41 Å². The molecular weight excluding hydrogens is 250 g/mol. The van der Waals surface area contributed by atoms with Crippen LogP contribution in [0.1, 0.15) is 31.7 Å². The van der Waals surface area contributed by atoms with Crippen molar-refractivity contribution in [1.29, 1.82) is 0 Å². The van der Waals surface area contributed by atoms with Gasteiger partial charge in [-0.1, -0.05) is 18.6 Å². The molecule has 0 aromatic heterocycles. The SMILES string of the molecule is CN(C)Cc1ccc(NC(=O)C2(C)CCCC2N)cc1. The predicted octanol–water partition coefficient (Wildman–Crippen LogP) is 2.20. The monoisotopic (exact) mass is 275 g/mol. The molecule has 0 saturated heterocycles. The fourth-order valence-corrected chi connectivity index (χ4v) is 2.81. The van der Waals surface area contributed by atoms with E-state index in [0.29, 0.717) is 0 Å². The first-order chi connectivity index (χ1) is 9.41. The summed E-state index contributed by atoms with van der Waals surface area (Å²) in [6.45, 7) is 2.87. The quantitative estimate of drug-likeness (QED) is 0.885. The molecule has 1 aliphatic rings. The van der Waals surface area contributed by atoms with Crippen molar-refractivity contribution in [3.63, 3.8) is 0 Å². The van der Waals surface area contributed by atoms with Crippen LogP contribution < -0.4 is 11.1 Å². The van der Waals surface area contributed by atoms with E-state index in [2.05, 4.69) is 10.2 Å². The lowest BCUT2D eigenvalue weighted by atomic mass is 9.84. The number of nitrogens with one attached hydrogen (secondary N) is 1. The Morgan fingerprint density at radius 2 is 2.05 bits per heavy atom. The lowest BCUT2D eigenvalue weighted by Gasteiger charge is -2.27. The third-order valence-corrected chi connectivity index (χ3v) is 4.26. The third-order valence-electron chi connectivity index (χ3n) is 4.26. The number of rotatable bonds is 4. The Morgan fingerprint density at radius 3 is 2.55 bits per heavy atom. The minimum atomic E-state index is -0.428. The highest BCUT2D eigenvalue weighted by atomic mass is 16.2. The molecule has 2 rings (SSSR count). The molecule has 1 aliphatic carbocycles. The lowest BCUT2D eigenvalue weighted by molar-refractivity contribution is -0.125. The van der Waals surface area contributed by atoms with E-state index >= 15 is 0 Å². The van der Waals surface area contributed by atoms with E-state index in [1.807, 2.05) is 45.3 Å². The molecule has 1 saturated carbocycles. The average Bonchev–Trinajstić information content (AvgIpc) is 2.73. The standard InChI is InChI=1S/C16H25N3O/c1-16(10-4-5-14(16)17)15(20)18-13-8-6-12(7-9-13)11-19(2)3/h6-9,14H,4-5,10-11,17H2,1-3H3,(H,18,20). The first-order valence-corrected chi connectivity index (χ1v) is 7.22. The van der Waals surface area contributed by atoms with Crippen LogP contribution in [-0.4, -0.2) is 30.9 Å². The molecule has 0 aliphatic heterocycles. The number of nitrogens with two attached hydrogens (primary N) is 1. The van der Waals surface area contributed by atoms with Crippen LogP contribution >= 0.6 is 0 Å². The van der Waals surface area contributed by atoms with Crippen molar-refractivity contribution < 1.29 is 4.79 Å². The lowest BCUT2D eigenvalue weighted by Crippen LogP contribution is -2.44. The summed E-state index contributed by atoms with van der Waals surface area (Å²) in [5, 5.41) is 3.00. The Hall–Kier alpha value is -1.39. The summed E-state index contributed by atoms with van der Waals surface area (Å²) < 4.78 is 0. The van der Waals surface area contributed by atoms with Crippen molar-refractivity contribution in [1.82, 2.24) is 4.90 Å². The zero-order valence-corrected chi connectivity index (χ0v) is 12.6. The zero-order chi connectivity index (χ0) is 14.8. The highest BCUT2D eigenvalue weighted by Gasteiger charge is 2.42. The number of nitrogens with zero attached hydrogens (tertiary/aromatic N) is 1. The van der Waals surface area contributed by atoms with Crippen LogP contribution in [0.3, 0.4) is 0 Å². The average molecular weight is 275 g/mol. The number of benzene rings is 1. The van der Waals surface area contributed by atoms with Crippen LogP contribution in [0.25, 0.3) is 0 Å². The molecule has 1 aromatic carbocycles. The molecule has 4 nitrogen and oxygen atoms in total. The molecule has 3 N–H and O–H groups in total. The van der Waals surface area contributed by atoms with Crippen LogP contribution in [0.2, 0.25) is 0 Å². The molecule has 2 atom stereocenters. The van der Waals surface area contributed by atoms with E-state index in [9.17, 15) is 4.79 Å². The summed E-state index contributed by atoms with van der Waals surface area (Å²) in [6.07, 6.45) is 2.84. The minimum absolute atomic E-state index is 0.0319. The Bertz CT molecular complexity index is 469. The number of hydrogen-bond acceptors (Lipinski definition) is 3. The first kappa shape index (κ1) is 15.0. The summed E-state index contributed by atoms with van der Waals surface area (Å²) in [6, 6.07) is 7.98. The van der Waals surface area contributed by atoms with E-state index in [1.54, 1.807) is 0 Å². The molecule has 0 spiro atoms. The highest BCUT2D eigenvalue weighted by Crippen LogP contribution is 2.37. The van der Waals surface area contributed by atoms with Gasteiger partial charge in [0.25, 0.3) is 0 Å². The molecule has 1 amide bonds. The fraction of sp³-hybridized carbons (Fsp3) is 0.562. The van der Waals surface area contributed by atoms with Gasteiger partial charge in [0.2, 0.25) is 5.91 Å². The molecule has 110 valence electrons. The van der Waals surface area contributed by atoms with Gasteiger partial charge in [-0.3, -0.25) is 4.79 Å². The number of carbonyl (C=O) groups excluding carboxylic acids is 1. The number of hydrogen-bond donors (Lipinski definition) is 2. The molecular formula is C16H25N3O. The minimum Gasteiger partial charge on any atom is -0.327 e. The Labute approximate surface area is 121 Å². The van der Waals surface area contributed by atoms with Gasteiger partial charge in [0.1, 0.15) is 0 Å². The molecule has 1 aromatic rings. The van der Waals surface area contributed by atoms with Crippen LogP contribution in [0, 0.1) is 5.41 Å². The number of carbonyl (C=O) groups is 1. The summed E-state index contributed by atoms with van der Waals surface area (Å²) in [5.74, 6) is 0.0443. The molecule has 0 heterocycles. The second kappa shape index (κ2) is 5.94. The van der Waals surface area contributed by atoms with Gasteiger partial charge in [0, 0.05) is 18.3 Å². The van der Waals surface area contributed by atoms with E-state index in [1.165, 1.54) is 5.56 Å². The predicted molar refractivity (Wildman–Crippen MR) is 82.4 cm³/mol. The first-order valence-electron chi connectivity index (χ1n) is 7.22. The summed E-state index contributed by atoms with van der Waals surface area (Å²) >= 11 is 0. The largest absolute Gasteiger partial charge is 0.327 e. The molecule has 0 radical (unpaired) electrons. The number of anilines is 1. The van der Waals surface area contributed by atoms with Crippen molar-refractivity contribution in [3.8, 4) is 0 Å². The van der Waals surface area contributed by atoms with Crippen molar-refractivity contribution in [2.24, 2.45) is 11.1 Å². The molecule has 1 fully saturated rings. The second-order valence-corrected chi connectivity index (χ2v) is 6.31. The Morgan fingerprint density at radius 1 is 1.40 bits per heavy atom. The van der Waals surface area contributed by atoms with E-state index in [0.717, 1.165) is 31.5 Å². The molecule has 20 heavy (non-hydrogen) atoms. The maximum Gasteiger partial charge on any atom is 0.231 e. The van der Waals surface area contributed by atoms with Gasteiger partial charge in [0.05, 0.1) is 5.41 Å². The summed E-state index contributed by atoms with van der Waals surface area (Å²) in [7, 11) is 4.08. The van der Waals surface area contributed by atoms with Crippen molar-refractivity contribution >= 4 is 11.6 Å². The van der Waals surface area contributed by atoms with Gasteiger partial charge >= 0.3 is 0 Å². The van der Waals surface area contributed by atoms with Gasteiger partial charge < -0.3 is 16.0 Å². The highest BCUT2D eigenvalue weighted by molar-refractivity contribution is 5.95. The second-order valence-electron chi connectivity index (χ2n) is 6.31. The Balaban J connectivity index is 2.01. The van der Waals surface area contributed by atoms with Gasteiger partial charge in [-0.15, -0.1) is 0 Å². The van der Waals surface area contributed by atoms with E-state index in [4.69, 9.17) is 5.73 Å². The smallest absolute Gasteiger partial charge is 0.231 e.